The second-order valence-electron chi connectivity index (χ2n) is 5.36. The summed E-state index contributed by atoms with van der Waals surface area (Å²) in [6, 6.07) is 0.522. The molecule has 2 N–H and O–H groups in total. The lowest BCUT2D eigenvalue weighted by atomic mass is 10.0. The predicted octanol–water partition coefficient (Wildman–Crippen LogP) is 2.35. The molecule has 0 radical (unpaired) electrons. The summed E-state index contributed by atoms with van der Waals surface area (Å²) < 4.78 is 0. The van der Waals surface area contributed by atoms with E-state index in [2.05, 4.69) is 28.0 Å². The molecular formula is C13H19N3S. The molecule has 4 heteroatoms. The van der Waals surface area contributed by atoms with Gasteiger partial charge in [0.05, 0.1) is 0 Å². The third-order valence-electron chi connectivity index (χ3n) is 4.09. The second-order valence-corrected chi connectivity index (χ2v) is 5.77. The first-order valence-corrected chi connectivity index (χ1v) is 7.02. The van der Waals surface area contributed by atoms with Crippen molar-refractivity contribution >= 4 is 23.0 Å². The van der Waals surface area contributed by atoms with Crippen LogP contribution in [0.15, 0.2) is 17.3 Å². The van der Waals surface area contributed by atoms with Gasteiger partial charge in [-0.1, -0.05) is 12.2 Å². The maximum absolute atomic E-state index is 5.29. The monoisotopic (exact) mass is 249 g/mol. The molecule has 0 aromatic heterocycles. The lowest BCUT2D eigenvalue weighted by Crippen LogP contribution is -2.42. The largest absolute Gasteiger partial charge is 0.358 e. The van der Waals surface area contributed by atoms with E-state index in [4.69, 9.17) is 12.2 Å². The van der Waals surface area contributed by atoms with E-state index in [1.807, 2.05) is 0 Å². The lowest BCUT2D eigenvalue weighted by molar-refractivity contribution is 0.520. The first kappa shape index (κ1) is 11.2. The second kappa shape index (κ2) is 4.77. The minimum absolute atomic E-state index is 0.522. The molecule has 0 aromatic rings. The number of nitrogens with one attached hydrogen (secondary N) is 2. The molecule has 17 heavy (non-hydrogen) atoms. The minimum Gasteiger partial charge on any atom is -0.358 e. The third kappa shape index (κ3) is 2.51. The third-order valence-corrected chi connectivity index (χ3v) is 4.30. The zero-order valence-corrected chi connectivity index (χ0v) is 10.8. The quantitative estimate of drug-likeness (QED) is 0.448. The molecular weight excluding hydrogens is 230 g/mol. The number of thiocarbonyl (C=S) groups is 1. The van der Waals surface area contributed by atoms with Gasteiger partial charge >= 0.3 is 0 Å². The van der Waals surface area contributed by atoms with Crippen LogP contribution in [0.25, 0.3) is 0 Å². The highest BCUT2D eigenvalue weighted by Crippen LogP contribution is 2.38. The Labute approximate surface area is 108 Å². The van der Waals surface area contributed by atoms with Crippen LogP contribution in [-0.4, -0.2) is 16.9 Å². The molecule has 0 saturated heterocycles. The Morgan fingerprint density at radius 2 is 2.06 bits per heavy atom. The molecule has 3 aliphatic carbocycles. The van der Waals surface area contributed by atoms with E-state index in [-0.39, 0.29) is 0 Å². The fourth-order valence-corrected chi connectivity index (χ4v) is 3.37. The predicted molar refractivity (Wildman–Crippen MR) is 73.9 cm³/mol. The number of rotatable bonds is 2. The van der Waals surface area contributed by atoms with Crippen molar-refractivity contribution in [2.24, 2.45) is 16.9 Å². The van der Waals surface area contributed by atoms with E-state index in [0.717, 1.165) is 18.8 Å². The molecule has 2 fully saturated rings. The van der Waals surface area contributed by atoms with Gasteiger partial charge in [-0.2, -0.15) is 5.10 Å². The first-order valence-electron chi connectivity index (χ1n) is 6.61. The SMILES string of the molecule is S=C(NN=C1CCCC1)N[C@H]1C[C@@H]2C=C[C@@H]1C2. The summed E-state index contributed by atoms with van der Waals surface area (Å²) in [5.41, 5.74) is 4.26. The zero-order valence-electron chi connectivity index (χ0n) is 9.98. The number of hydrazone groups is 1. The summed E-state index contributed by atoms with van der Waals surface area (Å²) in [6.45, 7) is 0. The van der Waals surface area contributed by atoms with Gasteiger partial charge in [0.2, 0.25) is 0 Å². The van der Waals surface area contributed by atoms with Crippen molar-refractivity contribution in [1.82, 2.24) is 10.7 Å². The van der Waals surface area contributed by atoms with Gasteiger partial charge in [-0.3, -0.25) is 5.43 Å². The summed E-state index contributed by atoms with van der Waals surface area (Å²) in [5, 5.41) is 8.46. The highest BCUT2D eigenvalue weighted by molar-refractivity contribution is 7.80. The van der Waals surface area contributed by atoms with E-state index in [0.29, 0.717) is 17.1 Å². The van der Waals surface area contributed by atoms with Crippen LogP contribution in [0.1, 0.15) is 38.5 Å². The molecule has 0 amide bonds. The Morgan fingerprint density at radius 1 is 1.24 bits per heavy atom. The number of hydrogen-bond acceptors (Lipinski definition) is 2. The van der Waals surface area contributed by atoms with Crippen molar-refractivity contribution in [3.8, 4) is 0 Å². The van der Waals surface area contributed by atoms with Crippen LogP contribution in [0.2, 0.25) is 0 Å². The molecule has 2 bridgehead atoms. The van der Waals surface area contributed by atoms with Gasteiger partial charge in [0.15, 0.2) is 5.11 Å². The molecule has 0 heterocycles. The van der Waals surface area contributed by atoms with Crippen molar-refractivity contribution < 1.29 is 0 Å². The summed E-state index contributed by atoms with van der Waals surface area (Å²) in [5.74, 6) is 1.46. The van der Waals surface area contributed by atoms with Gasteiger partial charge in [0.1, 0.15) is 0 Å². The number of fused-ring (bicyclic) bond motifs is 2. The Bertz CT molecular complexity index is 367. The molecule has 3 nitrogen and oxygen atoms in total. The summed E-state index contributed by atoms with van der Waals surface area (Å²) in [7, 11) is 0. The number of nitrogens with zero attached hydrogens (tertiary/aromatic N) is 1. The number of allylic oxidation sites excluding steroid dienone is 1. The van der Waals surface area contributed by atoms with Crippen molar-refractivity contribution in [1.29, 1.82) is 0 Å². The fraction of sp³-hybridized carbons (Fsp3) is 0.692. The van der Waals surface area contributed by atoms with Crippen LogP contribution >= 0.6 is 12.2 Å². The lowest BCUT2D eigenvalue weighted by Gasteiger charge is -2.20. The summed E-state index contributed by atoms with van der Waals surface area (Å²) in [4.78, 5) is 0. The van der Waals surface area contributed by atoms with Crippen molar-refractivity contribution in [2.45, 2.75) is 44.6 Å². The molecule has 3 atom stereocenters. The van der Waals surface area contributed by atoms with Gasteiger partial charge in [0, 0.05) is 11.8 Å². The average molecular weight is 249 g/mol. The standard InChI is InChI=1S/C13H19N3S/c17-13(16-15-11-3-1-2-4-11)14-12-8-9-5-6-10(12)7-9/h5-6,9-10,12H,1-4,7-8H2,(H2,14,16,17)/t9-,10-,12+/m1/s1. The van der Waals surface area contributed by atoms with Crippen LogP contribution in [-0.2, 0) is 0 Å². The van der Waals surface area contributed by atoms with E-state index in [9.17, 15) is 0 Å². The smallest absolute Gasteiger partial charge is 0.187 e. The maximum atomic E-state index is 5.29. The highest BCUT2D eigenvalue weighted by atomic mass is 32.1. The molecule has 0 aromatic carbocycles. The Morgan fingerprint density at radius 3 is 2.71 bits per heavy atom. The summed E-state index contributed by atoms with van der Waals surface area (Å²) >= 11 is 5.29. The van der Waals surface area contributed by atoms with Gasteiger partial charge in [0.25, 0.3) is 0 Å². The van der Waals surface area contributed by atoms with Crippen LogP contribution in [0, 0.1) is 11.8 Å². The van der Waals surface area contributed by atoms with E-state index < -0.39 is 0 Å². The van der Waals surface area contributed by atoms with Crippen molar-refractivity contribution in [3.63, 3.8) is 0 Å². The first-order chi connectivity index (χ1) is 8.31. The van der Waals surface area contributed by atoms with E-state index in [1.165, 1.54) is 31.4 Å². The average Bonchev–Trinajstić information content (AvgIpc) is 3.03. The van der Waals surface area contributed by atoms with E-state index >= 15 is 0 Å². The van der Waals surface area contributed by atoms with Gasteiger partial charge in [-0.05, 0) is 62.6 Å². The highest BCUT2D eigenvalue weighted by Gasteiger charge is 2.35. The Hall–Kier alpha value is -0.900. The number of hydrogen-bond donors (Lipinski definition) is 2. The maximum Gasteiger partial charge on any atom is 0.187 e. The molecule has 0 spiro atoms. The molecule has 3 aliphatic rings. The minimum atomic E-state index is 0.522. The molecule has 0 aliphatic heterocycles. The molecule has 92 valence electrons. The summed E-state index contributed by atoms with van der Waals surface area (Å²) in [6.07, 6.45) is 12.0. The normalized spacial score (nSPS) is 34.1. The van der Waals surface area contributed by atoms with Gasteiger partial charge < -0.3 is 5.32 Å². The van der Waals surface area contributed by atoms with Crippen LogP contribution in [0.3, 0.4) is 0 Å². The zero-order chi connectivity index (χ0) is 11.7. The van der Waals surface area contributed by atoms with E-state index in [1.54, 1.807) is 0 Å². The van der Waals surface area contributed by atoms with Gasteiger partial charge in [-0.15, -0.1) is 0 Å². The Balaban J connectivity index is 1.47. The molecule has 2 saturated carbocycles. The molecule has 3 rings (SSSR count). The van der Waals surface area contributed by atoms with Crippen LogP contribution in [0.5, 0.6) is 0 Å². The van der Waals surface area contributed by atoms with Gasteiger partial charge in [-0.25, -0.2) is 0 Å². The topological polar surface area (TPSA) is 36.4 Å². The molecule has 0 unspecified atom stereocenters. The van der Waals surface area contributed by atoms with Crippen molar-refractivity contribution in [2.75, 3.05) is 0 Å². The van der Waals surface area contributed by atoms with Crippen LogP contribution < -0.4 is 10.7 Å². The fourth-order valence-electron chi connectivity index (χ4n) is 3.17. The van der Waals surface area contributed by atoms with Crippen molar-refractivity contribution in [3.05, 3.63) is 12.2 Å². The Kier molecular flexibility index (Phi) is 3.14. The van der Waals surface area contributed by atoms with Crippen LogP contribution in [0.4, 0.5) is 0 Å².